The summed E-state index contributed by atoms with van der Waals surface area (Å²) in [5, 5.41) is -0.0521. The minimum absolute atomic E-state index is 0.00337. The molecule has 7 nitrogen and oxygen atoms in total. The first kappa shape index (κ1) is 12.6. The van der Waals surface area contributed by atoms with E-state index < -0.39 is 0 Å². The number of nitrogens with two attached hydrogens (primary N) is 2. The zero-order valence-electron chi connectivity index (χ0n) is 9.79. The molecular weight excluding hydrogens is 254 g/mol. The Morgan fingerprint density at radius 1 is 1.50 bits per heavy atom. The fourth-order valence-corrected chi connectivity index (χ4v) is 2.74. The largest absolute Gasteiger partial charge is 0.383 e. The molecule has 1 atom stereocenters. The van der Waals surface area contributed by atoms with E-state index in [2.05, 4.69) is 9.97 Å². The second-order valence-corrected chi connectivity index (χ2v) is 5.43. The van der Waals surface area contributed by atoms with Gasteiger partial charge in [-0.3, -0.25) is 14.5 Å². The standard InChI is InChI=1S/C10H13N5O2S/c1-5(16)18-6-2-9(17)15(4-6)8-3-7(11)13-10(12)14-8/h3,6H,2,4H2,1H3,(H4,11,12,13,14). The van der Waals surface area contributed by atoms with Gasteiger partial charge in [0.25, 0.3) is 0 Å². The Kier molecular flexibility index (Phi) is 3.37. The number of nitrogens with zero attached hydrogens (tertiary/aromatic N) is 3. The van der Waals surface area contributed by atoms with E-state index in [0.717, 1.165) is 0 Å². The van der Waals surface area contributed by atoms with Crippen molar-refractivity contribution in [2.45, 2.75) is 18.6 Å². The lowest BCUT2D eigenvalue weighted by atomic mass is 10.4. The number of thioether (sulfide) groups is 1. The SMILES string of the molecule is CC(=O)SC1CC(=O)N(c2cc(N)nc(N)n2)C1. The number of nitrogen functional groups attached to an aromatic ring is 2. The van der Waals surface area contributed by atoms with Crippen molar-refractivity contribution in [2.75, 3.05) is 22.9 Å². The van der Waals surface area contributed by atoms with Gasteiger partial charge in [-0.1, -0.05) is 11.8 Å². The quantitative estimate of drug-likeness (QED) is 0.776. The van der Waals surface area contributed by atoms with Crippen LogP contribution in [0, 0.1) is 0 Å². The normalized spacial score (nSPS) is 19.3. The van der Waals surface area contributed by atoms with Gasteiger partial charge in [-0.15, -0.1) is 0 Å². The van der Waals surface area contributed by atoms with Crippen LogP contribution in [0.4, 0.5) is 17.6 Å². The third kappa shape index (κ3) is 2.70. The van der Waals surface area contributed by atoms with Crippen LogP contribution >= 0.6 is 11.8 Å². The van der Waals surface area contributed by atoms with E-state index in [1.54, 1.807) is 0 Å². The summed E-state index contributed by atoms with van der Waals surface area (Å²) >= 11 is 1.17. The van der Waals surface area contributed by atoms with Crippen LogP contribution in [0.5, 0.6) is 0 Å². The highest BCUT2D eigenvalue weighted by Crippen LogP contribution is 2.28. The fraction of sp³-hybridized carbons (Fsp3) is 0.400. The van der Waals surface area contributed by atoms with Crippen molar-refractivity contribution in [3.8, 4) is 0 Å². The molecule has 0 spiro atoms. The van der Waals surface area contributed by atoms with Crippen molar-refractivity contribution in [1.82, 2.24) is 9.97 Å². The van der Waals surface area contributed by atoms with Gasteiger partial charge in [0.1, 0.15) is 11.6 Å². The lowest BCUT2D eigenvalue weighted by molar-refractivity contribution is -0.117. The van der Waals surface area contributed by atoms with Crippen LogP contribution in [0.2, 0.25) is 0 Å². The maximum Gasteiger partial charge on any atom is 0.229 e. The van der Waals surface area contributed by atoms with Gasteiger partial charge in [0.2, 0.25) is 11.9 Å². The maximum absolute atomic E-state index is 11.8. The van der Waals surface area contributed by atoms with Crippen molar-refractivity contribution in [1.29, 1.82) is 0 Å². The van der Waals surface area contributed by atoms with Gasteiger partial charge < -0.3 is 11.5 Å². The van der Waals surface area contributed by atoms with Crippen molar-refractivity contribution >= 4 is 40.4 Å². The number of anilines is 3. The van der Waals surface area contributed by atoms with Crippen LogP contribution in [0.1, 0.15) is 13.3 Å². The van der Waals surface area contributed by atoms with Crippen molar-refractivity contribution < 1.29 is 9.59 Å². The Morgan fingerprint density at radius 3 is 2.83 bits per heavy atom. The van der Waals surface area contributed by atoms with Gasteiger partial charge in [0.15, 0.2) is 5.12 Å². The van der Waals surface area contributed by atoms with E-state index >= 15 is 0 Å². The third-order valence-electron chi connectivity index (χ3n) is 2.45. The molecular formula is C10H13N5O2S. The van der Waals surface area contributed by atoms with Crippen LogP contribution in [0.15, 0.2) is 6.07 Å². The van der Waals surface area contributed by atoms with E-state index in [1.807, 2.05) is 0 Å². The Morgan fingerprint density at radius 2 is 2.22 bits per heavy atom. The lowest BCUT2D eigenvalue weighted by Crippen LogP contribution is -2.26. The van der Waals surface area contributed by atoms with Crippen LogP contribution in [0.25, 0.3) is 0 Å². The average Bonchev–Trinajstić information content (AvgIpc) is 2.56. The number of hydrogen-bond acceptors (Lipinski definition) is 7. The molecule has 0 aliphatic carbocycles. The zero-order chi connectivity index (χ0) is 13.3. The number of carbonyl (C=O) groups is 2. The summed E-state index contributed by atoms with van der Waals surface area (Å²) in [4.78, 5) is 32.1. The molecule has 0 radical (unpaired) electrons. The van der Waals surface area contributed by atoms with Crippen LogP contribution in [-0.2, 0) is 9.59 Å². The minimum atomic E-state index is -0.0914. The molecule has 1 aliphatic heterocycles. The first-order valence-electron chi connectivity index (χ1n) is 5.33. The van der Waals surface area contributed by atoms with Crippen molar-refractivity contribution in [3.63, 3.8) is 0 Å². The molecule has 2 rings (SSSR count). The number of carbonyl (C=O) groups excluding carboxylic acids is 2. The van der Waals surface area contributed by atoms with Crippen LogP contribution < -0.4 is 16.4 Å². The molecule has 0 saturated carbocycles. The summed E-state index contributed by atoms with van der Waals surface area (Å²) in [6.07, 6.45) is 0.314. The maximum atomic E-state index is 11.8. The topological polar surface area (TPSA) is 115 Å². The highest BCUT2D eigenvalue weighted by Gasteiger charge is 2.32. The molecule has 1 aromatic rings. The summed E-state index contributed by atoms with van der Waals surface area (Å²) in [6.45, 7) is 1.91. The molecule has 1 fully saturated rings. The van der Waals surface area contributed by atoms with E-state index in [-0.39, 0.29) is 28.0 Å². The third-order valence-corrected chi connectivity index (χ3v) is 3.43. The highest BCUT2D eigenvalue weighted by molar-refractivity contribution is 8.14. The number of amides is 1. The van der Waals surface area contributed by atoms with E-state index in [0.29, 0.717) is 18.8 Å². The first-order chi connectivity index (χ1) is 8.45. The molecule has 1 aromatic heterocycles. The first-order valence-corrected chi connectivity index (χ1v) is 6.21. The van der Waals surface area contributed by atoms with Gasteiger partial charge in [-0.2, -0.15) is 9.97 Å². The summed E-state index contributed by atoms with van der Waals surface area (Å²) < 4.78 is 0. The van der Waals surface area contributed by atoms with Gasteiger partial charge in [0, 0.05) is 31.2 Å². The lowest BCUT2D eigenvalue weighted by Gasteiger charge is -2.15. The molecule has 4 N–H and O–H groups in total. The van der Waals surface area contributed by atoms with Gasteiger partial charge in [-0.05, 0) is 0 Å². The van der Waals surface area contributed by atoms with Gasteiger partial charge in [0.05, 0.1) is 0 Å². The Hall–Kier alpha value is -1.83. The monoisotopic (exact) mass is 267 g/mol. The van der Waals surface area contributed by atoms with Gasteiger partial charge in [-0.25, -0.2) is 0 Å². The molecule has 8 heteroatoms. The Labute approximate surface area is 108 Å². The molecule has 1 unspecified atom stereocenters. The molecule has 0 bridgehead atoms. The Bertz CT molecular complexity index is 487. The molecule has 18 heavy (non-hydrogen) atoms. The fourth-order valence-electron chi connectivity index (χ4n) is 1.82. The molecule has 1 amide bonds. The molecule has 96 valence electrons. The van der Waals surface area contributed by atoms with Crippen molar-refractivity contribution in [2.24, 2.45) is 0 Å². The van der Waals surface area contributed by atoms with E-state index in [1.165, 1.54) is 29.7 Å². The average molecular weight is 267 g/mol. The summed E-state index contributed by atoms with van der Waals surface area (Å²) in [5.41, 5.74) is 11.0. The number of aromatic nitrogens is 2. The summed E-state index contributed by atoms with van der Waals surface area (Å²) in [5.74, 6) is 0.538. The minimum Gasteiger partial charge on any atom is -0.383 e. The Balaban J connectivity index is 2.18. The van der Waals surface area contributed by atoms with E-state index in [9.17, 15) is 9.59 Å². The number of rotatable bonds is 2. The molecule has 0 aromatic carbocycles. The van der Waals surface area contributed by atoms with Crippen LogP contribution in [0.3, 0.4) is 0 Å². The predicted molar refractivity (Wildman–Crippen MR) is 69.9 cm³/mol. The second-order valence-electron chi connectivity index (χ2n) is 3.95. The van der Waals surface area contributed by atoms with Crippen molar-refractivity contribution in [3.05, 3.63) is 6.07 Å². The zero-order valence-corrected chi connectivity index (χ0v) is 10.6. The van der Waals surface area contributed by atoms with E-state index in [4.69, 9.17) is 11.5 Å². The molecule has 2 heterocycles. The molecule has 1 aliphatic rings. The molecule has 1 saturated heterocycles. The predicted octanol–water partition coefficient (Wildman–Crippen LogP) is 0.0260. The smallest absolute Gasteiger partial charge is 0.229 e. The van der Waals surface area contributed by atoms with Gasteiger partial charge >= 0.3 is 0 Å². The highest BCUT2D eigenvalue weighted by atomic mass is 32.2. The van der Waals surface area contributed by atoms with Crippen LogP contribution in [-0.4, -0.2) is 32.8 Å². The number of hydrogen-bond donors (Lipinski definition) is 2. The second kappa shape index (κ2) is 4.81. The summed E-state index contributed by atoms with van der Waals surface area (Å²) in [7, 11) is 0. The summed E-state index contributed by atoms with van der Waals surface area (Å²) in [6, 6.07) is 1.50.